The SMILES string of the molecule is O=S(=O)(Nc1ccc2c(c1)CCCN2S(=O)(=O)c1ccc(F)cc1)c1ccc(Cl)cc1. The molecule has 3 aromatic rings. The van der Waals surface area contributed by atoms with Crippen LogP contribution >= 0.6 is 11.6 Å². The van der Waals surface area contributed by atoms with Crippen LogP contribution in [0.1, 0.15) is 12.0 Å². The quantitative estimate of drug-likeness (QED) is 0.586. The molecule has 3 aromatic carbocycles. The zero-order valence-corrected chi connectivity index (χ0v) is 18.5. The third kappa shape index (κ3) is 4.39. The van der Waals surface area contributed by atoms with Crippen LogP contribution in [-0.2, 0) is 26.5 Å². The molecule has 162 valence electrons. The number of hydrogen-bond donors (Lipinski definition) is 1. The lowest BCUT2D eigenvalue weighted by Crippen LogP contribution is -2.35. The van der Waals surface area contributed by atoms with E-state index >= 15 is 0 Å². The lowest BCUT2D eigenvalue weighted by Gasteiger charge is -2.31. The van der Waals surface area contributed by atoms with Crippen LogP contribution in [0.15, 0.2) is 76.5 Å². The topological polar surface area (TPSA) is 83.6 Å². The van der Waals surface area contributed by atoms with E-state index in [-0.39, 0.29) is 16.3 Å². The van der Waals surface area contributed by atoms with Gasteiger partial charge in [-0.1, -0.05) is 11.6 Å². The van der Waals surface area contributed by atoms with Gasteiger partial charge in [0.15, 0.2) is 0 Å². The van der Waals surface area contributed by atoms with Crippen LogP contribution < -0.4 is 9.03 Å². The van der Waals surface area contributed by atoms with Gasteiger partial charge < -0.3 is 0 Å². The molecule has 0 radical (unpaired) electrons. The molecule has 6 nitrogen and oxygen atoms in total. The Bertz CT molecular complexity index is 1330. The number of benzene rings is 3. The molecule has 4 rings (SSSR count). The highest BCUT2D eigenvalue weighted by atomic mass is 35.5. The smallest absolute Gasteiger partial charge is 0.264 e. The number of hydrogen-bond acceptors (Lipinski definition) is 4. The van der Waals surface area contributed by atoms with Crippen LogP contribution in [-0.4, -0.2) is 23.4 Å². The average molecular weight is 481 g/mol. The maximum atomic E-state index is 13.2. The van der Waals surface area contributed by atoms with Crippen LogP contribution in [0.5, 0.6) is 0 Å². The molecule has 10 heteroatoms. The monoisotopic (exact) mass is 480 g/mol. The van der Waals surface area contributed by atoms with Crippen molar-refractivity contribution in [2.24, 2.45) is 0 Å². The van der Waals surface area contributed by atoms with Crippen molar-refractivity contribution >= 4 is 43.0 Å². The fraction of sp³-hybridized carbons (Fsp3) is 0.143. The highest BCUT2D eigenvalue weighted by Gasteiger charge is 2.29. The van der Waals surface area contributed by atoms with E-state index < -0.39 is 25.9 Å². The number of aryl methyl sites for hydroxylation is 1. The first-order chi connectivity index (χ1) is 14.7. The number of sulfonamides is 2. The van der Waals surface area contributed by atoms with Gasteiger partial charge in [-0.05, 0) is 85.1 Å². The first-order valence-corrected chi connectivity index (χ1v) is 12.7. The van der Waals surface area contributed by atoms with Crippen LogP contribution in [0.25, 0.3) is 0 Å². The summed E-state index contributed by atoms with van der Waals surface area (Å²) in [5.74, 6) is -0.518. The van der Waals surface area contributed by atoms with Crippen molar-refractivity contribution in [3.63, 3.8) is 0 Å². The summed E-state index contributed by atoms with van der Waals surface area (Å²) in [6.07, 6.45) is 1.17. The molecule has 0 atom stereocenters. The van der Waals surface area contributed by atoms with E-state index in [0.29, 0.717) is 34.8 Å². The summed E-state index contributed by atoms with van der Waals surface area (Å²) < 4.78 is 68.4. The lowest BCUT2D eigenvalue weighted by atomic mass is 10.0. The second kappa shape index (κ2) is 8.14. The molecule has 0 bridgehead atoms. The van der Waals surface area contributed by atoms with Gasteiger partial charge in [-0.3, -0.25) is 9.03 Å². The van der Waals surface area contributed by atoms with Crippen molar-refractivity contribution in [2.75, 3.05) is 15.6 Å². The fourth-order valence-electron chi connectivity index (χ4n) is 3.44. The molecule has 0 fully saturated rings. The largest absolute Gasteiger partial charge is 0.280 e. The van der Waals surface area contributed by atoms with E-state index in [0.717, 1.165) is 12.1 Å². The van der Waals surface area contributed by atoms with Gasteiger partial charge in [0.2, 0.25) is 0 Å². The molecule has 0 saturated heterocycles. The van der Waals surface area contributed by atoms with E-state index in [2.05, 4.69) is 4.72 Å². The highest BCUT2D eigenvalue weighted by Crippen LogP contribution is 2.34. The Morgan fingerprint density at radius 3 is 2.19 bits per heavy atom. The molecule has 1 aliphatic heterocycles. The van der Waals surface area contributed by atoms with E-state index in [9.17, 15) is 21.2 Å². The van der Waals surface area contributed by atoms with Crippen molar-refractivity contribution < 1.29 is 21.2 Å². The van der Waals surface area contributed by atoms with Gasteiger partial charge in [0, 0.05) is 17.3 Å². The Hall–Kier alpha value is -2.62. The first-order valence-electron chi connectivity index (χ1n) is 9.36. The van der Waals surface area contributed by atoms with Crippen LogP contribution in [0.4, 0.5) is 15.8 Å². The Kier molecular flexibility index (Phi) is 5.67. The van der Waals surface area contributed by atoms with Crippen LogP contribution in [0.3, 0.4) is 0 Å². The van der Waals surface area contributed by atoms with Gasteiger partial charge in [-0.15, -0.1) is 0 Å². The summed E-state index contributed by atoms with van der Waals surface area (Å²) in [5, 5.41) is 0.426. The zero-order valence-electron chi connectivity index (χ0n) is 16.1. The molecule has 1 N–H and O–H groups in total. The summed E-state index contributed by atoms with van der Waals surface area (Å²) in [5.41, 5.74) is 1.51. The Balaban J connectivity index is 1.64. The van der Waals surface area contributed by atoms with Crippen molar-refractivity contribution in [1.29, 1.82) is 0 Å². The van der Waals surface area contributed by atoms with Crippen molar-refractivity contribution in [1.82, 2.24) is 0 Å². The molecule has 0 spiro atoms. The number of nitrogens with one attached hydrogen (secondary N) is 1. The van der Waals surface area contributed by atoms with E-state index in [4.69, 9.17) is 11.6 Å². The predicted molar refractivity (Wildman–Crippen MR) is 118 cm³/mol. The molecule has 31 heavy (non-hydrogen) atoms. The lowest BCUT2D eigenvalue weighted by molar-refractivity contribution is 0.585. The number of anilines is 2. The molecular formula is C21H18ClFN2O4S2. The molecular weight excluding hydrogens is 463 g/mol. The minimum absolute atomic E-state index is 0.00531. The standard InChI is InChI=1S/C21H18ClFN2O4S2/c22-16-3-8-19(9-4-16)30(26,27)24-18-7-12-21-15(14-18)2-1-13-25(21)31(28,29)20-10-5-17(23)6-11-20/h3-12,14,24H,1-2,13H2. The number of nitrogens with zero attached hydrogens (tertiary/aromatic N) is 1. The third-order valence-corrected chi connectivity index (χ3v) is 8.41. The molecule has 0 aromatic heterocycles. The van der Waals surface area contributed by atoms with Crippen molar-refractivity contribution in [2.45, 2.75) is 22.6 Å². The van der Waals surface area contributed by atoms with Gasteiger partial charge in [-0.25, -0.2) is 21.2 Å². The summed E-state index contributed by atoms with van der Waals surface area (Å²) in [7, 11) is -7.69. The molecule has 0 saturated carbocycles. The molecule has 0 amide bonds. The normalized spacial score (nSPS) is 14.2. The predicted octanol–water partition coefficient (Wildman–Crippen LogP) is 4.42. The van der Waals surface area contributed by atoms with Gasteiger partial charge in [-0.2, -0.15) is 0 Å². The molecule has 0 aliphatic carbocycles. The van der Waals surface area contributed by atoms with Crippen molar-refractivity contribution in [3.05, 3.63) is 83.1 Å². The summed E-state index contributed by atoms with van der Waals surface area (Å²) >= 11 is 5.82. The Labute approximate surface area is 185 Å². The third-order valence-electron chi connectivity index (χ3n) is 4.93. The van der Waals surface area contributed by atoms with Gasteiger partial charge in [0.1, 0.15) is 5.82 Å². The molecule has 1 aliphatic rings. The Morgan fingerprint density at radius 1 is 0.871 bits per heavy atom. The van der Waals surface area contributed by atoms with Gasteiger partial charge in [0.05, 0.1) is 15.5 Å². The minimum Gasteiger partial charge on any atom is -0.280 e. The summed E-state index contributed by atoms with van der Waals surface area (Å²) in [4.78, 5) is 0.0596. The maximum absolute atomic E-state index is 13.2. The Morgan fingerprint density at radius 2 is 1.52 bits per heavy atom. The van der Waals surface area contributed by atoms with Gasteiger partial charge in [0.25, 0.3) is 20.0 Å². The molecule has 0 unspecified atom stereocenters. The van der Waals surface area contributed by atoms with E-state index in [1.165, 1.54) is 46.8 Å². The van der Waals surface area contributed by atoms with E-state index in [1.54, 1.807) is 12.1 Å². The highest BCUT2D eigenvalue weighted by molar-refractivity contribution is 7.93. The summed E-state index contributed by atoms with van der Waals surface area (Å²) in [6.45, 7) is 0.280. The van der Waals surface area contributed by atoms with Gasteiger partial charge >= 0.3 is 0 Å². The van der Waals surface area contributed by atoms with Crippen LogP contribution in [0, 0.1) is 5.82 Å². The maximum Gasteiger partial charge on any atom is 0.264 e. The summed E-state index contributed by atoms with van der Waals surface area (Å²) in [6, 6.07) is 15.2. The fourth-order valence-corrected chi connectivity index (χ4v) is 6.15. The second-order valence-corrected chi connectivity index (χ2v) is 11.0. The molecule has 1 heterocycles. The second-order valence-electron chi connectivity index (χ2n) is 7.04. The number of rotatable bonds is 5. The average Bonchev–Trinajstić information content (AvgIpc) is 2.73. The first kappa shape index (κ1) is 21.6. The van der Waals surface area contributed by atoms with Crippen LogP contribution in [0.2, 0.25) is 5.02 Å². The number of halogens is 2. The zero-order chi connectivity index (χ0) is 22.2. The van der Waals surface area contributed by atoms with E-state index in [1.807, 2.05) is 0 Å². The minimum atomic E-state index is -3.87. The van der Waals surface area contributed by atoms with Crippen molar-refractivity contribution in [3.8, 4) is 0 Å². The number of fused-ring (bicyclic) bond motifs is 1.